The fourth-order valence-corrected chi connectivity index (χ4v) is 5.63. The van der Waals surface area contributed by atoms with Gasteiger partial charge < -0.3 is 26.6 Å². The van der Waals surface area contributed by atoms with Gasteiger partial charge in [0.15, 0.2) is 0 Å². The number of halogens is 3. The van der Waals surface area contributed by atoms with Crippen LogP contribution in [0, 0.1) is 11.9 Å². The first-order valence-electron chi connectivity index (χ1n) is 13.8. The van der Waals surface area contributed by atoms with E-state index in [1.165, 1.54) is 18.3 Å². The first-order valence-corrected chi connectivity index (χ1v) is 14.6. The number of carbonyl (C=O) groups excluding carboxylic acids is 2. The Labute approximate surface area is 256 Å². The zero-order valence-corrected chi connectivity index (χ0v) is 24.7. The molecule has 1 aromatic carbocycles. The lowest BCUT2D eigenvalue weighted by Gasteiger charge is -2.30. The molecule has 10 nitrogen and oxygen atoms in total. The molecule has 2 aliphatic carbocycles. The Hall–Kier alpha value is -3.80. The van der Waals surface area contributed by atoms with E-state index in [1.54, 1.807) is 25.3 Å². The molecule has 6 rings (SSSR count). The van der Waals surface area contributed by atoms with Crippen molar-refractivity contribution in [2.75, 3.05) is 18.9 Å². The molecule has 2 amide bonds. The van der Waals surface area contributed by atoms with E-state index in [9.17, 15) is 19.1 Å². The van der Waals surface area contributed by atoms with E-state index in [0.29, 0.717) is 29.7 Å². The molecule has 2 saturated carbocycles. The van der Waals surface area contributed by atoms with Crippen molar-refractivity contribution < 1.29 is 23.8 Å². The number of nitrogen functional groups attached to an aromatic ring is 1. The number of pyridine rings is 2. The predicted octanol–water partition coefficient (Wildman–Crippen LogP) is 3.92. The largest absolute Gasteiger partial charge is 0.489 e. The summed E-state index contributed by atoms with van der Waals surface area (Å²) >= 11 is 12.6. The fourth-order valence-electron chi connectivity index (χ4n) is 5.20. The van der Waals surface area contributed by atoms with Gasteiger partial charge in [-0.15, -0.1) is 0 Å². The number of hydrogen-bond donors (Lipinski definition) is 4. The third-order valence-corrected chi connectivity index (χ3v) is 9.00. The number of ether oxygens (including phenoxy) is 1. The highest BCUT2D eigenvalue weighted by Gasteiger charge is 2.50. The number of carbonyl (C=O) groups is 2. The SMILES string of the molecule is C[C@]1(C(N)=O)COc2c1cc([C@@](O)(CNC(=O)c1cc(Cl)c(N)c(C=NC3CC3)c1)C1CC1)nc2-c1ccnc(F)c1Cl. The van der Waals surface area contributed by atoms with Gasteiger partial charge in [-0.1, -0.05) is 23.2 Å². The molecular weight excluding hydrogens is 598 g/mol. The maximum atomic E-state index is 14.4. The van der Waals surface area contributed by atoms with E-state index in [4.69, 9.17) is 44.4 Å². The van der Waals surface area contributed by atoms with E-state index < -0.39 is 28.8 Å². The zero-order valence-electron chi connectivity index (χ0n) is 23.2. The lowest BCUT2D eigenvalue weighted by Crippen LogP contribution is -2.44. The van der Waals surface area contributed by atoms with Crippen LogP contribution in [0.3, 0.4) is 0 Å². The summed E-state index contributed by atoms with van der Waals surface area (Å²) in [5, 5.41) is 14.9. The van der Waals surface area contributed by atoms with Gasteiger partial charge in [0.05, 0.1) is 29.0 Å². The molecule has 3 aromatic rings. The molecule has 0 spiro atoms. The van der Waals surface area contributed by atoms with Gasteiger partial charge >= 0.3 is 0 Å². The maximum absolute atomic E-state index is 14.4. The van der Waals surface area contributed by atoms with Crippen LogP contribution in [0.4, 0.5) is 10.1 Å². The Balaban J connectivity index is 1.38. The van der Waals surface area contributed by atoms with Crippen LogP contribution in [0.25, 0.3) is 11.3 Å². The monoisotopic (exact) mass is 626 g/mol. The van der Waals surface area contributed by atoms with Gasteiger partial charge in [0.25, 0.3) is 5.91 Å². The van der Waals surface area contributed by atoms with Crippen molar-refractivity contribution in [3.63, 3.8) is 0 Å². The molecule has 1 aliphatic heterocycles. The molecule has 2 fully saturated rings. The van der Waals surface area contributed by atoms with Crippen molar-refractivity contribution in [3.05, 3.63) is 68.8 Å². The predicted molar refractivity (Wildman–Crippen MR) is 160 cm³/mol. The summed E-state index contributed by atoms with van der Waals surface area (Å²) in [6, 6.07) is 6.35. The molecule has 2 aromatic heterocycles. The minimum absolute atomic E-state index is 0.0795. The van der Waals surface area contributed by atoms with Crippen molar-refractivity contribution in [2.45, 2.75) is 49.7 Å². The highest BCUT2D eigenvalue weighted by molar-refractivity contribution is 6.34. The van der Waals surface area contributed by atoms with Crippen molar-refractivity contribution in [2.24, 2.45) is 16.6 Å². The number of nitrogens with two attached hydrogens (primary N) is 2. The summed E-state index contributed by atoms with van der Waals surface area (Å²) in [7, 11) is 0. The zero-order chi connectivity index (χ0) is 30.7. The lowest BCUT2D eigenvalue weighted by atomic mass is 9.81. The molecule has 6 N–H and O–H groups in total. The highest BCUT2D eigenvalue weighted by Crippen LogP contribution is 2.50. The number of aromatic nitrogens is 2. The molecule has 0 radical (unpaired) electrons. The Bertz CT molecular complexity index is 1700. The first-order chi connectivity index (χ1) is 20.4. The second-order valence-electron chi connectivity index (χ2n) is 11.5. The number of aliphatic imine (C=N–C) groups is 1. The van der Waals surface area contributed by atoms with Crippen LogP contribution in [0.5, 0.6) is 5.75 Å². The smallest absolute Gasteiger partial charge is 0.251 e. The average Bonchev–Trinajstić information content (AvgIpc) is 3.92. The Morgan fingerprint density at radius 1 is 1.28 bits per heavy atom. The molecule has 13 heteroatoms. The van der Waals surface area contributed by atoms with Crippen molar-refractivity contribution >= 4 is 46.9 Å². The summed E-state index contributed by atoms with van der Waals surface area (Å²) < 4.78 is 20.3. The Morgan fingerprint density at radius 3 is 2.70 bits per heavy atom. The molecule has 224 valence electrons. The van der Waals surface area contributed by atoms with Crippen LogP contribution in [0.1, 0.15) is 59.8 Å². The maximum Gasteiger partial charge on any atom is 0.251 e. The van der Waals surface area contributed by atoms with Crippen LogP contribution < -0.4 is 21.5 Å². The summed E-state index contributed by atoms with van der Waals surface area (Å²) in [4.78, 5) is 38.6. The lowest BCUT2D eigenvalue weighted by molar-refractivity contribution is -0.123. The molecule has 0 bridgehead atoms. The number of fused-ring (bicyclic) bond motifs is 1. The molecule has 0 saturated heterocycles. The van der Waals surface area contributed by atoms with Crippen molar-refractivity contribution in [1.82, 2.24) is 15.3 Å². The quantitative estimate of drug-likeness (QED) is 0.159. The van der Waals surface area contributed by atoms with Crippen LogP contribution >= 0.6 is 23.2 Å². The number of aliphatic hydroxyl groups is 1. The number of nitrogens with one attached hydrogen (secondary N) is 1. The van der Waals surface area contributed by atoms with Gasteiger partial charge in [0.1, 0.15) is 34.1 Å². The number of rotatable bonds is 9. The van der Waals surface area contributed by atoms with Crippen LogP contribution in [-0.2, 0) is 15.8 Å². The Kier molecular flexibility index (Phi) is 7.30. The summed E-state index contributed by atoms with van der Waals surface area (Å²) in [6.45, 7) is 1.32. The number of primary amides is 1. The van der Waals surface area contributed by atoms with E-state index >= 15 is 0 Å². The standard InChI is InChI=1S/C30H29Cl2FN6O4/c1-29(28(35)41)13-43-25-19(29)10-21(39-24(25)18-6-7-36-26(33)22(18)32)30(42,16-2-3-16)12-38-27(40)14-8-15(11-37-17-4-5-17)23(34)20(31)9-14/h6-11,16-17,42H,2-5,12-13,34H2,1H3,(H2,35,41)(H,38,40)/t29-,30+/m0/s1. The normalized spacial score (nSPS) is 20.9. The van der Waals surface area contributed by atoms with E-state index in [0.717, 1.165) is 12.8 Å². The minimum Gasteiger partial charge on any atom is -0.489 e. The summed E-state index contributed by atoms with van der Waals surface area (Å²) in [5.74, 6) is -2.10. The van der Waals surface area contributed by atoms with Crippen LogP contribution in [0.2, 0.25) is 10.0 Å². The Morgan fingerprint density at radius 2 is 2.02 bits per heavy atom. The molecule has 3 aliphatic rings. The van der Waals surface area contributed by atoms with Gasteiger partial charge in [0, 0.05) is 34.7 Å². The number of anilines is 1. The number of nitrogens with zero attached hydrogens (tertiary/aromatic N) is 3. The highest BCUT2D eigenvalue weighted by atomic mass is 35.5. The number of hydrogen-bond acceptors (Lipinski definition) is 8. The molecular formula is C30H29Cl2FN6O4. The summed E-state index contributed by atoms with van der Waals surface area (Å²) in [5.41, 5.74) is 10.9. The fraction of sp³-hybridized carbons (Fsp3) is 0.367. The van der Waals surface area contributed by atoms with Gasteiger partial charge in [0.2, 0.25) is 11.9 Å². The molecule has 0 unspecified atom stereocenters. The second-order valence-corrected chi connectivity index (χ2v) is 12.3. The first kappa shape index (κ1) is 29.3. The minimum atomic E-state index is -1.66. The third kappa shape index (κ3) is 5.30. The van der Waals surface area contributed by atoms with Gasteiger partial charge in [-0.3, -0.25) is 14.6 Å². The van der Waals surface area contributed by atoms with Gasteiger partial charge in [-0.2, -0.15) is 4.39 Å². The average molecular weight is 628 g/mol. The van der Waals surface area contributed by atoms with E-state index in [-0.39, 0.29) is 63.4 Å². The molecule has 2 atom stereocenters. The van der Waals surface area contributed by atoms with E-state index in [1.807, 2.05) is 0 Å². The van der Waals surface area contributed by atoms with E-state index in [2.05, 4.69) is 15.3 Å². The van der Waals surface area contributed by atoms with Crippen LogP contribution in [-0.4, -0.2) is 52.3 Å². The molecule has 3 heterocycles. The topological polar surface area (TPSA) is 166 Å². The second kappa shape index (κ2) is 10.7. The van der Waals surface area contributed by atoms with Crippen molar-refractivity contribution in [1.29, 1.82) is 0 Å². The number of amides is 2. The third-order valence-electron chi connectivity index (χ3n) is 8.33. The number of benzene rings is 1. The molecule has 43 heavy (non-hydrogen) atoms. The van der Waals surface area contributed by atoms with Crippen molar-refractivity contribution in [3.8, 4) is 17.0 Å². The van der Waals surface area contributed by atoms with Gasteiger partial charge in [-0.25, -0.2) is 9.97 Å². The van der Waals surface area contributed by atoms with Gasteiger partial charge in [-0.05, 0) is 62.8 Å². The summed E-state index contributed by atoms with van der Waals surface area (Å²) in [6.07, 6.45) is 6.21. The van der Waals surface area contributed by atoms with Crippen LogP contribution in [0.15, 0.2) is 35.5 Å².